The number of pyridine rings is 1. The van der Waals surface area contributed by atoms with Crippen molar-refractivity contribution in [2.75, 3.05) is 5.32 Å². The molecule has 1 aliphatic carbocycles. The minimum Gasteiger partial charge on any atom is -0.393 e. The number of aryl methyl sites for hydroxylation is 2. The fourth-order valence-corrected chi connectivity index (χ4v) is 3.20. The number of hydrogen-bond donors (Lipinski definition) is 3. The fourth-order valence-electron chi connectivity index (χ4n) is 3.20. The highest BCUT2D eigenvalue weighted by molar-refractivity contribution is 6.05. The van der Waals surface area contributed by atoms with E-state index in [0.717, 1.165) is 17.3 Å². The Morgan fingerprint density at radius 3 is 2.75 bits per heavy atom. The van der Waals surface area contributed by atoms with E-state index in [1.54, 1.807) is 13.0 Å². The van der Waals surface area contributed by atoms with Crippen LogP contribution in [0.25, 0.3) is 6.08 Å². The smallest absolute Gasteiger partial charge is 0.393 e. The average Bonchev–Trinajstić information content (AvgIpc) is 2.60. The zero-order chi connectivity index (χ0) is 20.5. The molecule has 3 N–H and O–H groups in total. The Morgan fingerprint density at radius 1 is 1.32 bits per heavy atom. The molecule has 1 heterocycles. The number of rotatable bonds is 3. The third-order valence-electron chi connectivity index (χ3n) is 4.61. The van der Waals surface area contributed by atoms with Gasteiger partial charge in [0.15, 0.2) is 0 Å². The van der Waals surface area contributed by atoms with Crippen LogP contribution in [0.4, 0.5) is 18.9 Å². The highest BCUT2D eigenvalue weighted by Crippen LogP contribution is 2.22. The van der Waals surface area contributed by atoms with Crippen LogP contribution in [0.5, 0.6) is 0 Å². The lowest BCUT2D eigenvalue weighted by Crippen LogP contribution is -2.26. The number of nitrogens with one attached hydrogen (secondary N) is 2. The topological polar surface area (TPSA) is 82.2 Å². The van der Waals surface area contributed by atoms with Gasteiger partial charge in [-0.05, 0) is 48.6 Å². The van der Waals surface area contributed by atoms with Crippen LogP contribution in [-0.4, -0.2) is 28.3 Å². The number of aliphatic hydroxyl groups is 1. The van der Waals surface area contributed by atoms with E-state index in [0.29, 0.717) is 30.4 Å². The number of fused-ring (bicyclic) bond motifs is 1. The van der Waals surface area contributed by atoms with Crippen LogP contribution in [-0.2, 0) is 12.8 Å². The predicted molar refractivity (Wildman–Crippen MR) is 99.3 cm³/mol. The molecule has 1 aliphatic rings. The van der Waals surface area contributed by atoms with Gasteiger partial charge in [-0.15, -0.1) is 0 Å². The van der Waals surface area contributed by atoms with Gasteiger partial charge in [-0.2, -0.15) is 13.2 Å². The van der Waals surface area contributed by atoms with Crippen LogP contribution >= 0.6 is 0 Å². The Morgan fingerprint density at radius 2 is 2.07 bits per heavy atom. The minimum absolute atomic E-state index is 0.0679. The van der Waals surface area contributed by atoms with Crippen LogP contribution in [0.2, 0.25) is 0 Å². The molecule has 0 spiro atoms. The van der Waals surface area contributed by atoms with E-state index in [4.69, 9.17) is 0 Å². The first-order valence-electron chi connectivity index (χ1n) is 8.73. The van der Waals surface area contributed by atoms with Crippen molar-refractivity contribution < 1.29 is 23.1 Å². The molecule has 28 heavy (non-hydrogen) atoms. The van der Waals surface area contributed by atoms with Gasteiger partial charge in [0.05, 0.1) is 6.10 Å². The molecule has 1 aromatic heterocycles. The molecule has 5 nitrogen and oxygen atoms in total. The monoisotopic (exact) mass is 392 g/mol. The molecular weight excluding hydrogens is 373 g/mol. The Labute approximate surface area is 158 Å². The maximum absolute atomic E-state index is 12.5. The molecule has 0 saturated carbocycles. The molecule has 0 radical (unpaired) electrons. The number of aromatic nitrogens is 1. The van der Waals surface area contributed by atoms with Gasteiger partial charge in [-0.1, -0.05) is 18.2 Å². The Balaban J connectivity index is 1.81. The highest BCUT2D eigenvalue weighted by Gasteiger charge is 2.22. The normalized spacial score (nSPS) is 16.8. The number of H-pyrrole nitrogens is 1. The number of anilines is 1. The van der Waals surface area contributed by atoms with Crippen LogP contribution < -0.4 is 10.9 Å². The van der Waals surface area contributed by atoms with Crippen molar-refractivity contribution in [3.05, 3.63) is 68.6 Å². The van der Waals surface area contributed by atoms with Gasteiger partial charge < -0.3 is 15.4 Å². The van der Waals surface area contributed by atoms with Crippen LogP contribution in [0, 0.1) is 6.92 Å². The van der Waals surface area contributed by atoms with E-state index >= 15 is 0 Å². The Kier molecular flexibility index (Phi) is 5.42. The van der Waals surface area contributed by atoms with Crippen molar-refractivity contribution in [2.45, 2.75) is 38.5 Å². The average molecular weight is 392 g/mol. The molecule has 0 bridgehead atoms. The first kappa shape index (κ1) is 19.9. The summed E-state index contributed by atoms with van der Waals surface area (Å²) in [6, 6.07) is 5.84. The standard InChI is InChI=1S/C20H19F3N2O3/c1-11-8-12(6-7-20(21,22)23)2-4-15(11)18(27)25-17-10-13-9-14(26)3-5-16(13)24-19(17)28/h2,4,6-8,10,14,26H,3,5,9H2,1H3,(H,24,28)(H,25,27)/b7-6+. The summed E-state index contributed by atoms with van der Waals surface area (Å²) in [5.41, 5.74) is 2.20. The van der Waals surface area contributed by atoms with Crippen LogP contribution in [0.3, 0.4) is 0 Å². The summed E-state index contributed by atoms with van der Waals surface area (Å²) in [4.78, 5) is 27.5. The molecule has 0 aliphatic heterocycles. The number of amides is 1. The van der Waals surface area contributed by atoms with Gasteiger partial charge in [0.25, 0.3) is 11.5 Å². The second-order valence-electron chi connectivity index (χ2n) is 6.82. The van der Waals surface area contributed by atoms with Gasteiger partial charge in [0.1, 0.15) is 5.69 Å². The largest absolute Gasteiger partial charge is 0.409 e. The van der Waals surface area contributed by atoms with E-state index in [2.05, 4.69) is 10.3 Å². The van der Waals surface area contributed by atoms with Crippen molar-refractivity contribution >= 4 is 17.7 Å². The van der Waals surface area contributed by atoms with E-state index in [9.17, 15) is 27.9 Å². The quantitative estimate of drug-likeness (QED) is 0.749. The number of aliphatic hydroxyl groups excluding tert-OH is 1. The minimum atomic E-state index is -4.41. The fraction of sp³-hybridized carbons (Fsp3) is 0.300. The molecule has 8 heteroatoms. The summed E-state index contributed by atoms with van der Waals surface area (Å²) in [6.45, 7) is 1.60. The number of hydrogen-bond acceptors (Lipinski definition) is 3. The van der Waals surface area contributed by atoms with Crippen molar-refractivity contribution in [1.82, 2.24) is 4.98 Å². The molecule has 3 rings (SSSR count). The molecule has 1 amide bonds. The summed E-state index contributed by atoms with van der Waals surface area (Å²) >= 11 is 0. The van der Waals surface area contributed by atoms with Gasteiger partial charge in [-0.3, -0.25) is 9.59 Å². The number of benzene rings is 1. The maximum Gasteiger partial charge on any atom is 0.409 e. The lowest BCUT2D eigenvalue weighted by molar-refractivity contribution is -0.0790. The van der Waals surface area contributed by atoms with E-state index < -0.39 is 23.7 Å². The molecule has 2 aromatic rings. The zero-order valence-electron chi connectivity index (χ0n) is 15.1. The van der Waals surface area contributed by atoms with Gasteiger partial charge in [0, 0.05) is 23.8 Å². The molecule has 0 fully saturated rings. The van der Waals surface area contributed by atoms with Crippen molar-refractivity contribution in [3.63, 3.8) is 0 Å². The Bertz CT molecular complexity index is 993. The molecule has 1 unspecified atom stereocenters. The summed E-state index contributed by atoms with van der Waals surface area (Å²) in [6.07, 6.45) is -2.31. The van der Waals surface area contributed by atoms with Crippen molar-refractivity contribution in [3.8, 4) is 0 Å². The number of allylic oxidation sites excluding steroid dienone is 1. The zero-order valence-corrected chi connectivity index (χ0v) is 15.1. The maximum atomic E-state index is 12.5. The number of halogens is 3. The summed E-state index contributed by atoms with van der Waals surface area (Å²) in [5.74, 6) is -0.536. The van der Waals surface area contributed by atoms with Gasteiger partial charge >= 0.3 is 6.18 Å². The first-order valence-corrected chi connectivity index (χ1v) is 8.73. The molecule has 1 aromatic carbocycles. The Hall–Kier alpha value is -2.87. The van der Waals surface area contributed by atoms with E-state index in [1.807, 2.05) is 0 Å². The number of carbonyl (C=O) groups excluding carboxylic acids is 1. The molecule has 1 atom stereocenters. The molecule has 0 saturated heterocycles. The second-order valence-corrected chi connectivity index (χ2v) is 6.82. The molecule has 148 valence electrons. The summed E-state index contributed by atoms with van der Waals surface area (Å²) in [7, 11) is 0. The number of carbonyl (C=O) groups is 1. The van der Waals surface area contributed by atoms with E-state index in [-0.39, 0.29) is 17.3 Å². The van der Waals surface area contributed by atoms with Crippen molar-refractivity contribution in [2.24, 2.45) is 0 Å². The predicted octanol–water partition coefficient (Wildman–Crippen LogP) is 3.36. The lowest BCUT2D eigenvalue weighted by atomic mass is 9.93. The third-order valence-corrected chi connectivity index (χ3v) is 4.61. The number of alkyl halides is 3. The first-order chi connectivity index (χ1) is 13.1. The third kappa shape index (κ3) is 4.69. The highest BCUT2D eigenvalue weighted by atomic mass is 19.4. The van der Waals surface area contributed by atoms with Crippen LogP contribution in [0.1, 0.15) is 39.2 Å². The van der Waals surface area contributed by atoms with E-state index in [1.165, 1.54) is 18.2 Å². The van der Waals surface area contributed by atoms with Crippen molar-refractivity contribution in [1.29, 1.82) is 0 Å². The number of aromatic amines is 1. The SMILES string of the molecule is Cc1cc(/C=C/C(F)(F)F)ccc1C(=O)Nc1cc2c([nH]c1=O)CCC(O)C2. The summed E-state index contributed by atoms with van der Waals surface area (Å²) in [5, 5.41) is 12.3. The lowest BCUT2D eigenvalue weighted by Gasteiger charge is -2.20. The molecular formula is C20H19F3N2O3. The van der Waals surface area contributed by atoms with Gasteiger partial charge in [0.2, 0.25) is 0 Å². The van der Waals surface area contributed by atoms with Gasteiger partial charge in [-0.25, -0.2) is 0 Å². The second kappa shape index (κ2) is 7.63. The summed E-state index contributed by atoms with van der Waals surface area (Å²) < 4.78 is 36.8. The van der Waals surface area contributed by atoms with Crippen LogP contribution in [0.15, 0.2) is 35.1 Å².